The number of benzene rings is 1. The van der Waals surface area contributed by atoms with Crippen LogP contribution in [0.1, 0.15) is 10.5 Å². The number of hydrogen-bond donors (Lipinski definition) is 1. The van der Waals surface area contributed by atoms with Gasteiger partial charge in [0, 0.05) is 6.07 Å². The Hall–Kier alpha value is -3.52. The van der Waals surface area contributed by atoms with Crippen LogP contribution in [0.4, 0.5) is 5.69 Å². The Balaban J connectivity index is 1.41. The summed E-state index contributed by atoms with van der Waals surface area (Å²) in [5, 5.41) is 8.39. The zero-order chi connectivity index (χ0) is 17.8. The minimum Gasteiger partial charge on any atom is -0.424 e. The number of anilines is 1. The summed E-state index contributed by atoms with van der Waals surface area (Å²) in [6, 6.07) is 14.8. The maximum absolute atomic E-state index is 12.3. The Morgan fingerprint density at radius 2 is 1.88 bits per heavy atom. The molecule has 1 amide bonds. The molecule has 0 aliphatic heterocycles. The van der Waals surface area contributed by atoms with Crippen molar-refractivity contribution in [3.8, 4) is 22.4 Å². The highest BCUT2D eigenvalue weighted by molar-refractivity contribution is 7.13. The third-order valence-corrected chi connectivity index (χ3v) is 4.23. The van der Waals surface area contributed by atoms with Gasteiger partial charge in [-0.05, 0) is 23.6 Å². The summed E-state index contributed by atoms with van der Waals surface area (Å²) in [4.78, 5) is 21.3. The first kappa shape index (κ1) is 16.0. The Morgan fingerprint density at radius 1 is 1.08 bits per heavy atom. The minimum absolute atomic E-state index is 0.179. The molecule has 8 heteroatoms. The molecule has 7 nitrogen and oxygen atoms in total. The molecule has 1 N–H and O–H groups in total. The number of aromatic nitrogens is 3. The minimum atomic E-state index is -0.406. The first-order valence-corrected chi connectivity index (χ1v) is 8.53. The van der Waals surface area contributed by atoms with Crippen LogP contribution >= 0.6 is 11.3 Å². The van der Waals surface area contributed by atoms with Gasteiger partial charge in [-0.3, -0.25) is 4.79 Å². The molecule has 4 rings (SSSR count). The molecule has 26 heavy (non-hydrogen) atoms. The van der Waals surface area contributed by atoms with Gasteiger partial charge in [0.15, 0.2) is 11.5 Å². The van der Waals surface area contributed by atoms with E-state index in [4.69, 9.17) is 9.26 Å². The predicted molar refractivity (Wildman–Crippen MR) is 96.3 cm³/mol. The fourth-order valence-corrected chi connectivity index (χ4v) is 2.81. The summed E-state index contributed by atoms with van der Waals surface area (Å²) >= 11 is 1.51. The van der Waals surface area contributed by atoms with E-state index in [0.717, 1.165) is 4.88 Å². The lowest BCUT2D eigenvalue weighted by atomic mass is 10.3. The fraction of sp³-hybridized carbons (Fsp3) is 0. The average Bonchev–Trinajstić information content (AvgIpc) is 3.36. The summed E-state index contributed by atoms with van der Waals surface area (Å²) in [7, 11) is 0. The lowest BCUT2D eigenvalue weighted by Crippen LogP contribution is -2.12. The van der Waals surface area contributed by atoms with Gasteiger partial charge in [0.1, 0.15) is 5.75 Å². The summed E-state index contributed by atoms with van der Waals surface area (Å²) in [5.74, 6) is 0.776. The molecule has 0 fully saturated rings. The molecule has 0 spiro atoms. The van der Waals surface area contributed by atoms with Gasteiger partial charge >= 0.3 is 6.01 Å². The summed E-state index contributed by atoms with van der Waals surface area (Å²) in [6.07, 6.45) is 2.92. The molecule has 0 saturated carbocycles. The van der Waals surface area contributed by atoms with Crippen LogP contribution in [0.3, 0.4) is 0 Å². The molecular formula is C18H12N4O3S. The van der Waals surface area contributed by atoms with E-state index < -0.39 is 5.91 Å². The van der Waals surface area contributed by atoms with E-state index in [1.807, 2.05) is 35.7 Å². The maximum atomic E-state index is 12.3. The maximum Gasteiger partial charge on any atom is 0.322 e. The van der Waals surface area contributed by atoms with E-state index in [2.05, 4.69) is 20.4 Å². The molecule has 0 radical (unpaired) electrons. The number of amides is 1. The molecule has 4 aromatic rings. The van der Waals surface area contributed by atoms with E-state index in [-0.39, 0.29) is 11.7 Å². The molecular weight excluding hydrogens is 352 g/mol. The van der Waals surface area contributed by atoms with Crippen LogP contribution in [0.5, 0.6) is 11.8 Å². The monoisotopic (exact) mass is 364 g/mol. The predicted octanol–water partition coefficient (Wildman–Crippen LogP) is 4.24. The van der Waals surface area contributed by atoms with Crippen LogP contribution in [0.15, 0.2) is 70.8 Å². The van der Waals surface area contributed by atoms with Gasteiger partial charge in [-0.25, -0.2) is 9.97 Å². The van der Waals surface area contributed by atoms with Crippen LogP contribution in [0.25, 0.3) is 10.6 Å². The number of nitrogens with one attached hydrogen (secondary N) is 1. The highest BCUT2D eigenvalue weighted by Crippen LogP contribution is 2.25. The normalized spacial score (nSPS) is 10.5. The van der Waals surface area contributed by atoms with Crippen LogP contribution in [0.2, 0.25) is 0 Å². The van der Waals surface area contributed by atoms with Crippen LogP contribution < -0.4 is 10.1 Å². The molecule has 1 aromatic carbocycles. The fourth-order valence-electron chi connectivity index (χ4n) is 2.14. The van der Waals surface area contributed by atoms with E-state index in [1.54, 1.807) is 18.2 Å². The van der Waals surface area contributed by atoms with Gasteiger partial charge in [-0.2, -0.15) is 0 Å². The van der Waals surface area contributed by atoms with Crippen molar-refractivity contribution in [3.05, 3.63) is 72.0 Å². The second-order valence-electron chi connectivity index (χ2n) is 5.18. The van der Waals surface area contributed by atoms with Crippen molar-refractivity contribution in [3.63, 3.8) is 0 Å². The van der Waals surface area contributed by atoms with Crippen molar-refractivity contribution in [2.24, 2.45) is 0 Å². The van der Waals surface area contributed by atoms with Crippen molar-refractivity contribution in [2.75, 3.05) is 5.32 Å². The number of carbonyl (C=O) groups excluding carboxylic acids is 1. The molecule has 0 aliphatic carbocycles. The van der Waals surface area contributed by atoms with Gasteiger partial charge in [-0.1, -0.05) is 29.4 Å². The molecule has 128 valence electrons. The summed E-state index contributed by atoms with van der Waals surface area (Å²) in [6.45, 7) is 0. The number of carbonyl (C=O) groups is 1. The second-order valence-corrected chi connectivity index (χ2v) is 6.12. The molecule has 0 aliphatic rings. The first-order valence-electron chi connectivity index (χ1n) is 7.65. The average molecular weight is 364 g/mol. The number of thiophene rings is 1. The van der Waals surface area contributed by atoms with E-state index in [9.17, 15) is 4.79 Å². The molecule has 0 atom stereocenters. The molecule has 0 saturated heterocycles. The Kier molecular flexibility index (Phi) is 4.40. The summed E-state index contributed by atoms with van der Waals surface area (Å²) in [5.41, 5.74) is 0.606. The van der Waals surface area contributed by atoms with Crippen LogP contribution in [-0.4, -0.2) is 21.0 Å². The highest BCUT2D eigenvalue weighted by Gasteiger charge is 2.15. The lowest BCUT2D eigenvalue weighted by Gasteiger charge is -2.05. The highest BCUT2D eigenvalue weighted by atomic mass is 32.1. The van der Waals surface area contributed by atoms with E-state index >= 15 is 0 Å². The zero-order valence-electron chi connectivity index (χ0n) is 13.3. The lowest BCUT2D eigenvalue weighted by molar-refractivity contribution is 0.101. The molecule has 0 unspecified atom stereocenters. The van der Waals surface area contributed by atoms with E-state index in [1.165, 1.54) is 23.7 Å². The van der Waals surface area contributed by atoms with Gasteiger partial charge in [0.2, 0.25) is 0 Å². The number of rotatable bonds is 5. The summed E-state index contributed by atoms with van der Waals surface area (Å²) < 4.78 is 10.7. The quantitative estimate of drug-likeness (QED) is 0.570. The molecule has 0 bridgehead atoms. The van der Waals surface area contributed by atoms with Crippen LogP contribution in [0, 0.1) is 0 Å². The smallest absolute Gasteiger partial charge is 0.322 e. The molecule has 3 heterocycles. The van der Waals surface area contributed by atoms with Crippen molar-refractivity contribution in [2.45, 2.75) is 0 Å². The first-order chi connectivity index (χ1) is 12.8. The standard InChI is InChI=1S/C18H12N4O3S/c23-17(14-9-15(25-22-14)16-7-4-8-26-16)21-12-10-19-18(20-11-12)24-13-5-2-1-3-6-13/h1-11H,(H,21,23). The van der Waals surface area contributed by atoms with Crippen molar-refractivity contribution in [1.29, 1.82) is 0 Å². The van der Waals surface area contributed by atoms with Crippen molar-refractivity contribution in [1.82, 2.24) is 15.1 Å². The Labute approximate surface area is 152 Å². The number of nitrogens with zero attached hydrogens (tertiary/aromatic N) is 3. The van der Waals surface area contributed by atoms with Gasteiger partial charge < -0.3 is 14.6 Å². The second kappa shape index (κ2) is 7.16. The SMILES string of the molecule is O=C(Nc1cnc(Oc2ccccc2)nc1)c1cc(-c2cccs2)on1. The Bertz CT molecular complexity index is 999. The largest absolute Gasteiger partial charge is 0.424 e. The molecule has 3 aromatic heterocycles. The van der Waals surface area contributed by atoms with E-state index in [0.29, 0.717) is 17.2 Å². The third-order valence-electron chi connectivity index (χ3n) is 3.35. The Morgan fingerprint density at radius 3 is 2.62 bits per heavy atom. The number of ether oxygens (including phenoxy) is 1. The van der Waals surface area contributed by atoms with Gasteiger partial charge in [-0.15, -0.1) is 11.3 Å². The number of hydrogen-bond acceptors (Lipinski definition) is 7. The number of para-hydroxylation sites is 1. The zero-order valence-corrected chi connectivity index (χ0v) is 14.1. The van der Waals surface area contributed by atoms with Gasteiger partial charge in [0.25, 0.3) is 5.91 Å². The third kappa shape index (κ3) is 3.60. The van der Waals surface area contributed by atoms with Crippen LogP contribution in [-0.2, 0) is 0 Å². The topological polar surface area (TPSA) is 90.1 Å². The van der Waals surface area contributed by atoms with Crippen molar-refractivity contribution >= 4 is 22.9 Å². The van der Waals surface area contributed by atoms with Gasteiger partial charge in [0.05, 0.1) is 23.0 Å². The van der Waals surface area contributed by atoms with Crippen molar-refractivity contribution < 1.29 is 14.1 Å².